The maximum absolute atomic E-state index is 5.74. The Morgan fingerprint density at radius 2 is 1.53 bits per heavy atom. The molecular formula is C18H32O. The second kappa shape index (κ2) is 11.3. The molecule has 1 fully saturated rings. The highest BCUT2D eigenvalue weighted by Gasteiger charge is 2.36. The molecular weight excluding hydrogens is 232 g/mol. The van der Waals surface area contributed by atoms with E-state index in [1.54, 1.807) is 0 Å². The zero-order chi connectivity index (χ0) is 13.8. The van der Waals surface area contributed by atoms with Gasteiger partial charge in [-0.25, -0.2) is 0 Å². The van der Waals surface area contributed by atoms with Gasteiger partial charge in [0.25, 0.3) is 0 Å². The van der Waals surface area contributed by atoms with Crippen molar-refractivity contribution >= 4 is 0 Å². The van der Waals surface area contributed by atoms with Crippen LogP contribution in [-0.4, -0.2) is 12.2 Å². The first-order valence-corrected chi connectivity index (χ1v) is 8.31. The number of unbranched alkanes of at least 4 members (excludes halogenated alkanes) is 7. The molecule has 1 heterocycles. The number of rotatable bonds is 13. The Kier molecular flexibility index (Phi) is 9.79. The summed E-state index contributed by atoms with van der Waals surface area (Å²) in [6.07, 6.45) is 22.0. The molecule has 19 heavy (non-hydrogen) atoms. The first kappa shape index (κ1) is 16.5. The van der Waals surface area contributed by atoms with Gasteiger partial charge in [-0.05, 0) is 25.7 Å². The molecule has 110 valence electrons. The van der Waals surface area contributed by atoms with Crippen LogP contribution in [0.4, 0.5) is 0 Å². The molecule has 0 amide bonds. The molecule has 1 saturated heterocycles. The maximum Gasteiger partial charge on any atom is 0.0841 e. The Labute approximate surface area is 120 Å². The van der Waals surface area contributed by atoms with Gasteiger partial charge in [0.1, 0.15) is 0 Å². The molecule has 0 unspecified atom stereocenters. The van der Waals surface area contributed by atoms with E-state index in [1.165, 1.54) is 70.6 Å². The van der Waals surface area contributed by atoms with Gasteiger partial charge in [-0.3, -0.25) is 0 Å². The largest absolute Gasteiger partial charge is 0.370 e. The molecule has 0 bridgehead atoms. The Balaban J connectivity index is 1.81. The molecule has 0 spiro atoms. The summed E-state index contributed by atoms with van der Waals surface area (Å²) in [6.45, 7) is 5.95. The molecule has 1 aliphatic heterocycles. The lowest BCUT2D eigenvalue weighted by molar-refractivity contribution is 0.348. The third-order valence-electron chi connectivity index (χ3n) is 3.91. The fourth-order valence-electron chi connectivity index (χ4n) is 2.61. The van der Waals surface area contributed by atoms with Crippen molar-refractivity contribution in [1.29, 1.82) is 0 Å². The summed E-state index contributed by atoms with van der Waals surface area (Å²) in [5.41, 5.74) is 0. The van der Waals surface area contributed by atoms with Gasteiger partial charge in [-0.1, -0.05) is 76.7 Å². The van der Waals surface area contributed by atoms with Crippen LogP contribution in [0.3, 0.4) is 0 Å². The van der Waals surface area contributed by atoms with E-state index in [4.69, 9.17) is 4.74 Å². The van der Waals surface area contributed by atoms with Crippen LogP contribution in [0.25, 0.3) is 0 Å². The number of hydrogen-bond donors (Lipinski definition) is 0. The molecule has 0 saturated carbocycles. The quantitative estimate of drug-likeness (QED) is 0.232. The first-order valence-electron chi connectivity index (χ1n) is 8.31. The van der Waals surface area contributed by atoms with E-state index >= 15 is 0 Å². The normalized spacial score (nSPS) is 21.9. The summed E-state index contributed by atoms with van der Waals surface area (Å²) in [7, 11) is 0. The lowest BCUT2D eigenvalue weighted by Crippen LogP contribution is -1.94. The van der Waals surface area contributed by atoms with Crippen molar-refractivity contribution in [3.05, 3.63) is 24.8 Å². The van der Waals surface area contributed by atoms with E-state index in [2.05, 4.69) is 19.6 Å². The van der Waals surface area contributed by atoms with E-state index in [1.807, 2.05) is 12.2 Å². The molecule has 0 aliphatic carbocycles. The van der Waals surface area contributed by atoms with Crippen LogP contribution in [0, 0.1) is 0 Å². The Morgan fingerprint density at radius 1 is 0.895 bits per heavy atom. The van der Waals surface area contributed by atoms with Crippen LogP contribution in [0.1, 0.15) is 77.6 Å². The van der Waals surface area contributed by atoms with Crippen LogP contribution >= 0.6 is 0 Å². The SMILES string of the molecule is C=C/C=C\CCCC[C@@H]1O[C@@H]1CCCCCCCC. The highest BCUT2D eigenvalue weighted by Crippen LogP contribution is 2.31. The van der Waals surface area contributed by atoms with Crippen molar-refractivity contribution in [2.45, 2.75) is 89.8 Å². The predicted molar refractivity (Wildman–Crippen MR) is 84.5 cm³/mol. The summed E-state index contributed by atoms with van der Waals surface area (Å²) >= 11 is 0. The molecule has 1 nitrogen and oxygen atoms in total. The van der Waals surface area contributed by atoms with Gasteiger partial charge < -0.3 is 4.74 Å². The van der Waals surface area contributed by atoms with Gasteiger partial charge in [0, 0.05) is 0 Å². The average molecular weight is 264 g/mol. The van der Waals surface area contributed by atoms with Crippen LogP contribution in [0.2, 0.25) is 0 Å². The van der Waals surface area contributed by atoms with Crippen molar-refractivity contribution in [2.24, 2.45) is 0 Å². The van der Waals surface area contributed by atoms with E-state index in [0.29, 0.717) is 12.2 Å². The van der Waals surface area contributed by atoms with Crippen molar-refractivity contribution in [3.63, 3.8) is 0 Å². The van der Waals surface area contributed by atoms with Crippen molar-refractivity contribution in [3.8, 4) is 0 Å². The minimum atomic E-state index is 0.596. The minimum Gasteiger partial charge on any atom is -0.370 e. The van der Waals surface area contributed by atoms with E-state index in [-0.39, 0.29) is 0 Å². The van der Waals surface area contributed by atoms with E-state index in [9.17, 15) is 0 Å². The number of hydrogen-bond acceptors (Lipinski definition) is 1. The van der Waals surface area contributed by atoms with E-state index in [0.717, 1.165) is 0 Å². The summed E-state index contributed by atoms with van der Waals surface area (Å²) in [5.74, 6) is 0. The third-order valence-corrected chi connectivity index (χ3v) is 3.91. The molecule has 0 N–H and O–H groups in total. The second-order valence-electron chi connectivity index (χ2n) is 5.72. The molecule has 2 atom stereocenters. The van der Waals surface area contributed by atoms with Crippen molar-refractivity contribution < 1.29 is 4.74 Å². The highest BCUT2D eigenvalue weighted by atomic mass is 16.6. The molecule has 0 aromatic rings. The topological polar surface area (TPSA) is 12.5 Å². The molecule has 1 aliphatic rings. The van der Waals surface area contributed by atoms with Gasteiger partial charge in [0.05, 0.1) is 12.2 Å². The zero-order valence-electron chi connectivity index (χ0n) is 12.8. The lowest BCUT2D eigenvalue weighted by Gasteiger charge is -1.99. The van der Waals surface area contributed by atoms with Crippen LogP contribution in [-0.2, 0) is 4.74 Å². The van der Waals surface area contributed by atoms with Crippen molar-refractivity contribution in [1.82, 2.24) is 0 Å². The predicted octanol–water partition coefficient (Wildman–Crippen LogP) is 5.81. The summed E-state index contributed by atoms with van der Waals surface area (Å²) in [5, 5.41) is 0. The monoisotopic (exact) mass is 264 g/mol. The van der Waals surface area contributed by atoms with Gasteiger partial charge in [0.2, 0.25) is 0 Å². The lowest BCUT2D eigenvalue weighted by atomic mass is 10.0. The summed E-state index contributed by atoms with van der Waals surface area (Å²) < 4.78 is 5.74. The van der Waals surface area contributed by atoms with Crippen LogP contribution in [0.5, 0.6) is 0 Å². The summed E-state index contributed by atoms with van der Waals surface area (Å²) in [4.78, 5) is 0. The van der Waals surface area contributed by atoms with Gasteiger partial charge >= 0.3 is 0 Å². The zero-order valence-corrected chi connectivity index (χ0v) is 12.8. The van der Waals surface area contributed by atoms with Crippen LogP contribution in [0.15, 0.2) is 24.8 Å². The first-order chi connectivity index (χ1) is 9.38. The molecule has 1 rings (SSSR count). The third kappa shape index (κ3) is 9.04. The molecule has 0 aromatic carbocycles. The van der Waals surface area contributed by atoms with Gasteiger partial charge in [0.15, 0.2) is 0 Å². The molecule has 1 heteroatoms. The Bertz CT molecular complexity index is 244. The van der Waals surface area contributed by atoms with Gasteiger partial charge in [-0.2, -0.15) is 0 Å². The fourth-order valence-corrected chi connectivity index (χ4v) is 2.61. The maximum atomic E-state index is 5.74. The number of allylic oxidation sites excluding steroid dienone is 3. The standard InChI is InChI=1S/C18H32O/c1-3-5-7-9-11-13-15-17-18(19-17)16-14-12-10-8-6-4-2/h3,5,7,17-18H,1,4,6,8-16H2,2H3/b7-5-/t17-,18+/m0/s1. The summed E-state index contributed by atoms with van der Waals surface area (Å²) in [6, 6.07) is 0. The molecule has 0 aromatic heterocycles. The molecule has 0 radical (unpaired) electrons. The average Bonchev–Trinajstić information content (AvgIpc) is 3.16. The smallest absolute Gasteiger partial charge is 0.0841 e. The second-order valence-corrected chi connectivity index (χ2v) is 5.72. The number of epoxide rings is 1. The highest BCUT2D eigenvalue weighted by molar-refractivity contribution is 4.96. The fraction of sp³-hybridized carbons (Fsp3) is 0.778. The van der Waals surface area contributed by atoms with Gasteiger partial charge in [-0.15, -0.1) is 0 Å². The van der Waals surface area contributed by atoms with Crippen molar-refractivity contribution in [2.75, 3.05) is 0 Å². The Hall–Kier alpha value is -0.560. The van der Waals surface area contributed by atoms with Crippen LogP contribution < -0.4 is 0 Å². The van der Waals surface area contributed by atoms with E-state index < -0.39 is 0 Å². The number of ether oxygens (including phenoxy) is 1. The Morgan fingerprint density at radius 3 is 2.21 bits per heavy atom. The minimum absolute atomic E-state index is 0.596.